The van der Waals surface area contributed by atoms with Gasteiger partial charge in [-0.25, -0.2) is 0 Å². The van der Waals surface area contributed by atoms with Gasteiger partial charge >= 0.3 is 5.97 Å². The average Bonchev–Trinajstić information content (AvgIpc) is 2.72. The van der Waals surface area contributed by atoms with Crippen molar-refractivity contribution in [2.45, 2.75) is 19.9 Å². The van der Waals surface area contributed by atoms with Crippen molar-refractivity contribution < 1.29 is 19.4 Å². The molecule has 0 unspecified atom stereocenters. The summed E-state index contributed by atoms with van der Waals surface area (Å²) in [6.45, 7) is 2.41. The molecule has 2 aromatic rings. The Labute approximate surface area is 111 Å². The Kier molecular flexibility index (Phi) is 3.64. The molecule has 0 saturated carbocycles. The highest BCUT2D eigenvalue weighted by molar-refractivity contribution is 5.91. The Morgan fingerprint density at radius 2 is 2.05 bits per heavy atom. The summed E-state index contributed by atoms with van der Waals surface area (Å²) in [5, 5.41) is 9.79. The number of hydrogen-bond donors (Lipinski definition) is 1. The van der Waals surface area contributed by atoms with Crippen molar-refractivity contribution in [3.8, 4) is 11.5 Å². The number of methoxy groups -OCH3 is 2. The van der Waals surface area contributed by atoms with Crippen molar-refractivity contribution in [3.63, 3.8) is 0 Å². The summed E-state index contributed by atoms with van der Waals surface area (Å²) in [6.07, 6.45) is 2.03. The third-order valence-corrected chi connectivity index (χ3v) is 3.13. The third kappa shape index (κ3) is 2.50. The third-order valence-electron chi connectivity index (χ3n) is 3.13. The summed E-state index contributed by atoms with van der Waals surface area (Å²) in [6, 6.07) is 3.73. The van der Waals surface area contributed by atoms with Gasteiger partial charge in [0.15, 0.2) is 0 Å². The number of nitrogens with zero attached hydrogens (tertiary/aromatic N) is 1. The molecule has 1 heterocycles. The van der Waals surface area contributed by atoms with Crippen LogP contribution in [0.2, 0.25) is 0 Å². The average molecular weight is 263 g/mol. The first kappa shape index (κ1) is 13.3. The zero-order valence-electron chi connectivity index (χ0n) is 11.3. The van der Waals surface area contributed by atoms with E-state index in [1.807, 2.05) is 29.8 Å². The molecular weight excluding hydrogens is 246 g/mol. The highest BCUT2D eigenvalue weighted by atomic mass is 16.5. The van der Waals surface area contributed by atoms with Gasteiger partial charge in [0.25, 0.3) is 0 Å². The Morgan fingerprint density at radius 1 is 1.32 bits per heavy atom. The standard InChI is InChI=1S/C14H17NO4/c1-9-8-15(5-4-13(16)17)11-6-10(18-2)7-12(19-3)14(9)11/h6-8H,4-5H2,1-3H3,(H,16,17). The van der Waals surface area contributed by atoms with E-state index in [1.54, 1.807) is 14.2 Å². The first-order valence-corrected chi connectivity index (χ1v) is 6.00. The van der Waals surface area contributed by atoms with E-state index in [0.717, 1.165) is 22.2 Å². The molecule has 0 aliphatic rings. The molecule has 1 aromatic carbocycles. The lowest BCUT2D eigenvalue weighted by Crippen LogP contribution is -2.03. The van der Waals surface area contributed by atoms with Crippen LogP contribution in [-0.4, -0.2) is 29.9 Å². The number of rotatable bonds is 5. The molecule has 1 N–H and O–H groups in total. The van der Waals surface area contributed by atoms with E-state index in [1.165, 1.54) is 0 Å². The van der Waals surface area contributed by atoms with Crippen LogP contribution >= 0.6 is 0 Å². The minimum atomic E-state index is -0.811. The van der Waals surface area contributed by atoms with Gasteiger partial charge in [0.1, 0.15) is 11.5 Å². The van der Waals surface area contributed by atoms with Gasteiger partial charge in [-0.2, -0.15) is 0 Å². The molecule has 0 fully saturated rings. The van der Waals surface area contributed by atoms with Crippen molar-refractivity contribution in [1.82, 2.24) is 4.57 Å². The Hall–Kier alpha value is -2.17. The zero-order valence-corrected chi connectivity index (χ0v) is 11.3. The quantitative estimate of drug-likeness (QED) is 0.900. The van der Waals surface area contributed by atoms with E-state index in [0.29, 0.717) is 12.3 Å². The molecule has 0 bridgehead atoms. The van der Waals surface area contributed by atoms with Crippen LogP contribution in [0.1, 0.15) is 12.0 Å². The fourth-order valence-corrected chi connectivity index (χ4v) is 2.25. The van der Waals surface area contributed by atoms with Crippen LogP contribution in [0.15, 0.2) is 18.3 Å². The number of aliphatic carboxylic acids is 1. The largest absolute Gasteiger partial charge is 0.497 e. The van der Waals surface area contributed by atoms with Gasteiger partial charge in [0, 0.05) is 30.3 Å². The summed E-state index contributed by atoms with van der Waals surface area (Å²) >= 11 is 0. The number of carbonyl (C=O) groups is 1. The van der Waals surface area contributed by atoms with Crippen LogP contribution in [0.25, 0.3) is 10.9 Å². The zero-order chi connectivity index (χ0) is 14.0. The minimum absolute atomic E-state index is 0.0861. The second-order valence-electron chi connectivity index (χ2n) is 4.37. The van der Waals surface area contributed by atoms with Crippen molar-refractivity contribution in [2.24, 2.45) is 0 Å². The van der Waals surface area contributed by atoms with E-state index in [4.69, 9.17) is 14.6 Å². The fraction of sp³-hybridized carbons (Fsp3) is 0.357. The number of ether oxygens (including phenoxy) is 2. The normalized spacial score (nSPS) is 10.7. The van der Waals surface area contributed by atoms with Gasteiger partial charge in [-0.3, -0.25) is 4.79 Å². The molecule has 2 rings (SSSR count). The number of fused-ring (bicyclic) bond motifs is 1. The van der Waals surface area contributed by atoms with Gasteiger partial charge in [-0.15, -0.1) is 0 Å². The first-order chi connectivity index (χ1) is 9.06. The monoisotopic (exact) mass is 263 g/mol. The molecule has 102 valence electrons. The van der Waals surface area contributed by atoms with Crippen molar-refractivity contribution in [3.05, 3.63) is 23.9 Å². The van der Waals surface area contributed by atoms with E-state index in [2.05, 4.69) is 0 Å². The van der Waals surface area contributed by atoms with Gasteiger partial charge in [0.2, 0.25) is 0 Å². The summed E-state index contributed by atoms with van der Waals surface area (Å²) in [5.41, 5.74) is 1.98. The molecule has 0 radical (unpaired) electrons. The van der Waals surface area contributed by atoms with Crippen LogP contribution in [0.3, 0.4) is 0 Å². The Balaban J connectivity index is 2.56. The second-order valence-corrected chi connectivity index (χ2v) is 4.37. The number of benzene rings is 1. The molecule has 1 aromatic heterocycles. The van der Waals surface area contributed by atoms with Crippen LogP contribution in [0.4, 0.5) is 0 Å². The highest BCUT2D eigenvalue weighted by Crippen LogP contribution is 2.34. The van der Waals surface area contributed by atoms with Crippen LogP contribution in [0.5, 0.6) is 11.5 Å². The number of carboxylic acid groups (broad SMARTS) is 1. The topological polar surface area (TPSA) is 60.7 Å². The lowest BCUT2D eigenvalue weighted by molar-refractivity contribution is -0.137. The van der Waals surface area contributed by atoms with E-state index >= 15 is 0 Å². The Morgan fingerprint density at radius 3 is 2.63 bits per heavy atom. The lowest BCUT2D eigenvalue weighted by Gasteiger charge is -2.09. The summed E-state index contributed by atoms with van der Waals surface area (Å²) in [4.78, 5) is 10.7. The van der Waals surface area contributed by atoms with Gasteiger partial charge in [-0.1, -0.05) is 0 Å². The molecule has 0 saturated heterocycles. The predicted octanol–water partition coefficient (Wildman–Crippen LogP) is 2.44. The molecule has 0 aliphatic carbocycles. The number of hydrogen-bond acceptors (Lipinski definition) is 3. The van der Waals surface area contributed by atoms with Crippen molar-refractivity contribution in [1.29, 1.82) is 0 Å². The minimum Gasteiger partial charge on any atom is -0.497 e. The van der Waals surface area contributed by atoms with Crippen molar-refractivity contribution in [2.75, 3.05) is 14.2 Å². The molecule has 0 atom stereocenters. The van der Waals surface area contributed by atoms with Gasteiger partial charge in [0.05, 0.1) is 26.2 Å². The summed E-state index contributed by atoms with van der Waals surface area (Å²) in [7, 11) is 3.21. The van der Waals surface area contributed by atoms with E-state index in [-0.39, 0.29) is 6.42 Å². The van der Waals surface area contributed by atoms with Gasteiger partial charge in [-0.05, 0) is 12.5 Å². The highest BCUT2D eigenvalue weighted by Gasteiger charge is 2.13. The smallest absolute Gasteiger partial charge is 0.305 e. The maximum Gasteiger partial charge on any atom is 0.305 e. The van der Waals surface area contributed by atoms with Crippen LogP contribution in [-0.2, 0) is 11.3 Å². The number of carboxylic acids is 1. The molecular formula is C14H17NO4. The maximum absolute atomic E-state index is 10.7. The SMILES string of the molecule is COc1cc(OC)c2c(C)cn(CCC(=O)O)c2c1. The Bertz CT molecular complexity index is 615. The second kappa shape index (κ2) is 5.22. The van der Waals surface area contributed by atoms with E-state index < -0.39 is 5.97 Å². The summed E-state index contributed by atoms with van der Waals surface area (Å²) < 4.78 is 12.5. The van der Waals surface area contributed by atoms with E-state index in [9.17, 15) is 4.79 Å². The van der Waals surface area contributed by atoms with Crippen molar-refractivity contribution >= 4 is 16.9 Å². The molecule has 5 heteroatoms. The fourth-order valence-electron chi connectivity index (χ4n) is 2.25. The number of aryl methyl sites for hydroxylation is 2. The molecule has 0 spiro atoms. The lowest BCUT2D eigenvalue weighted by atomic mass is 10.1. The maximum atomic E-state index is 10.7. The molecule has 19 heavy (non-hydrogen) atoms. The predicted molar refractivity (Wildman–Crippen MR) is 72.0 cm³/mol. The van der Waals surface area contributed by atoms with Gasteiger partial charge < -0.3 is 19.1 Å². The number of aromatic nitrogens is 1. The molecule has 0 aliphatic heterocycles. The molecule has 0 amide bonds. The first-order valence-electron chi connectivity index (χ1n) is 6.00. The van der Waals surface area contributed by atoms with Crippen LogP contribution < -0.4 is 9.47 Å². The summed E-state index contributed by atoms with van der Waals surface area (Å²) in [5.74, 6) is 0.620. The van der Waals surface area contributed by atoms with Crippen LogP contribution in [0, 0.1) is 6.92 Å². The molecule has 5 nitrogen and oxygen atoms in total.